The molecule has 0 atom stereocenters. The first-order valence-corrected chi connectivity index (χ1v) is 5.73. The average molecular weight is 250 g/mol. The Balaban J connectivity index is 2.62. The van der Waals surface area contributed by atoms with Crippen LogP contribution < -0.4 is 5.11 Å². The van der Waals surface area contributed by atoms with Gasteiger partial charge in [-0.2, -0.15) is 11.8 Å². The van der Waals surface area contributed by atoms with Crippen LogP contribution in [0.1, 0.15) is 5.56 Å². The van der Waals surface area contributed by atoms with Crippen molar-refractivity contribution in [3.63, 3.8) is 0 Å². The quantitative estimate of drug-likeness (QED) is 0.820. The van der Waals surface area contributed by atoms with Crippen molar-refractivity contribution >= 4 is 40.9 Å². The third kappa shape index (κ3) is 3.40. The van der Waals surface area contributed by atoms with Crippen molar-refractivity contribution in [1.82, 2.24) is 0 Å². The van der Waals surface area contributed by atoms with Gasteiger partial charge in [0.25, 0.3) is 0 Å². The molecule has 0 aromatic heterocycles. The van der Waals surface area contributed by atoms with Gasteiger partial charge in [-0.25, -0.2) is 0 Å². The molecule has 0 bridgehead atoms. The van der Waals surface area contributed by atoms with Gasteiger partial charge in [0.15, 0.2) is 0 Å². The maximum atomic E-state index is 10.2. The van der Waals surface area contributed by atoms with Crippen molar-refractivity contribution in [2.24, 2.45) is 0 Å². The van der Waals surface area contributed by atoms with Crippen LogP contribution in [0.4, 0.5) is 0 Å². The van der Waals surface area contributed by atoms with E-state index < -0.39 is 5.97 Å². The van der Waals surface area contributed by atoms with Gasteiger partial charge >= 0.3 is 0 Å². The van der Waals surface area contributed by atoms with Gasteiger partial charge in [0.05, 0.1) is 5.97 Å². The highest BCUT2D eigenvalue weighted by Crippen LogP contribution is 2.27. The van der Waals surface area contributed by atoms with E-state index in [-0.39, 0.29) is 5.75 Å². The summed E-state index contributed by atoms with van der Waals surface area (Å²) in [4.78, 5) is 10.2. The fraction of sp³-hybridized carbons (Fsp3) is 0.222. The van der Waals surface area contributed by atoms with Gasteiger partial charge in [0, 0.05) is 21.6 Å². The van der Waals surface area contributed by atoms with Crippen LogP contribution in [0.3, 0.4) is 0 Å². The lowest BCUT2D eigenvalue weighted by Crippen LogP contribution is -2.24. The molecule has 0 saturated carbocycles. The third-order valence-corrected chi connectivity index (χ3v) is 3.17. The topological polar surface area (TPSA) is 40.1 Å². The maximum Gasteiger partial charge on any atom is 0.0513 e. The predicted octanol–water partition coefficient (Wildman–Crippen LogP) is 1.98. The van der Waals surface area contributed by atoms with E-state index >= 15 is 0 Å². The van der Waals surface area contributed by atoms with Crippen LogP contribution in [0.25, 0.3) is 0 Å². The minimum Gasteiger partial charge on any atom is -0.549 e. The molecule has 0 aliphatic rings. The number of hydrogen-bond donors (Lipinski definition) is 0. The van der Waals surface area contributed by atoms with E-state index in [2.05, 4.69) is 0 Å². The summed E-state index contributed by atoms with van der Waals surface area (Å²) < 4.78 is 0. The van der Waals surface area contributed by atoms with Crippen LogP contribution in [0, 0.1) is 0 Å². The van der Waals surface area contributed by atoms with Crippen molar-refractivity contribution in [3.05, 3.63) is 33.8 Å². The van der Waals surface area contributed by atoms with Gasteiger partial charge in [0.2, 0.25) is 0 Å². The summed E-state index contributed by atoms with van der Waals surface area (Å²) in [6, 6.07) is 5.20. The minimum absolute atomic E-state index is 0.0540. The first-order chi connectivity index (χ1) is 6.61. The van der Waals surface area contributed by atoms with Crippen LogP contribution >= 0.6 is 35.0 Å². The summed E-state index contributed by atoms with van der Waals surface area (Å²) in [5.41, 5.74) is 0.766. The molecule has 76 valence electrons. The molecule has 1 aromatic rings. The Kier molecular flexibility index (Phi) is 4.58. The molecule has 2 nitrogen and oxygen atoms in total. The van der Waals surface area contributed by atoms with Crippen molar-refractivity contribution in [2.75, 3.05) is 5.75 Å². The van der Waals surface area contributed by atoms with Crippen LogP contribution in [0.5, 0.6) is 0 Å². The second kappa shape index (κ2) is 5.49. The average Bonchev–Trinajstić information content (AvgIpc) is 2.09. The summed E-state index contributed by atoms with van der Waals surface area (Å²) in [6.07, 6.45) is 0. The second-order valence-electron chi connectivity index (χ2n) is 2.57. The fourth-order valence-corrected chi connectivity index (χ4v) is 2.38. The monoisotopic (exact) mass is 249 g/mol. The minimum atomic E-state index is -1.09. The molecule has 5 heteroatoms. The fourth-order valence-electron chi connectivity index (χ4n) is 0.907. The molecule has 0 spiro atoms. The largest absolute Gasteiger partial charge is 0.549 e. The number of thioether (sulfide) groups is 1. The van der Waals surface area contributed by atoms with Crippen molar-refractivity contribution < 1.29 is 9.90 Å². The second-order valence-corrected chi connectivity index (χ2v) is 4.37. The number of carbonyl (C=O) groups excluding carboxylic acids is 1. The Morgan fingerprint density at radius 2 is 1.93 bits per heavy atom. The molecule has 0 fully saturated rings. The Morgan fingerprint density at radius 1 is 1.36 bits per heavy atom. The maximum absolute atomic E-state index is 10.2. The summed E-state index contributed by atoms with van der Waals surface area (Å²) >= 11 is 13.0. The van der Waals surface area contributed by atoms with Crippen molar-refractivity contribution in [2.45, 2.75) is 5.75 Å². The summed E-state index contributed by atoms with van der Waals surface area (Å²) in [6.45, 7) is 0. The summed E-state index contributed by atoms with van der Waals surface area (Å²) in [5, 5.41) is 11.3. The molecule has 14 heavy (non-hydrogen) atoms. The number of carboxylic acids is 1. The molecule has 0 saturated heterocycles. The summed E-state index contributed by atoms with van der Waals surface area (Å²) in [7, 11) is 0. The van der Waals surface area contributed by atoms with E-state index in [0.717, 1.165) is 5.56 Å². The van der Waals surface area contributed by atoms with Crippen LogP contribution in [0.2, 0.25) is 10.0 Å². The Morgan fingerprint density at radius 3 is 2.43 bits per heavy atom. The SMILES string of the molecule is O=C([O-])CSCc1c(Cl)cccc1Cl. The molecule has 0 amide bonds. The Bertz CT molecular complexity index is 321. The van der Waals surface area contributed by atoms with Crippen LogP contribution in [-0.2, 0) is 10.5 Å². The number of benzene rings is 1. The van der Waals surface area contributed by atoms with Gasteiger partial charge in [0.1, 0.15) is 0 Å². The number of carboxylic acid groups (broad SMARTS) is 1. The number of rotatable bonds is 4. The standard InChI is InChI=1S/C9H8Cl2O2S/c10-7-2-1-3-8(11)6(7)4-14-5-9(12)13/h1-3H,4-5H2,(H,12,13)/p-1. The van der Waals surface area contributed by atoms with E-state index in [1.54, 1.807) is 18.2 Å². The van der Waals surface area contributed by atoms with Gasteiger partial charge in [-0.1, -0.05) is 29.3 Å². The molecule has 1 rings (SSSR count). The van der Waals surface area contributed by atoms with Crippen LogP contribution in [0.15, 0.2) is 18.2 Å². The number of halogens is 2. The van der Waals surface area contributed by atoms with E-state index in [0.29, 0.717) is 15.8 Å². The highest BCUT2D eigenvalue weighted by atomic mass is 35.5. The van der Waals surface area contributed by atoms with Gasteiger partial charge in [-0.3, -0.25) is 0 Å². The number of carbonyl (C=O) groups is 1. The Labute approximate surface area is 96.2 Å². The predicted molar refractivity (Wildman–Crippen MR) is 57.6 cm³/mol. The van der Waals surface area contributed by atoms with E-state index in [1.807, 2.05) is 0 Å². The molecule has 0 N–H and O–H groups in total. The van der Waals surface area contributed by atoms with E-state index in [1.165, 1.54) is 11.8 Å². The molecule has 1 aromatic carbocycles. The summed E-state index contributed by atoms with van der Waals surface area (Å²) in [5.74, 6) is -0.660. The molecule has 0 radical (unpaired) electrons. The lowest BCUT2D eigenvalue weighted by atomic mass is 10.2. The Hall–Kier alpha value is -0.380. The zero-order valence-corrected chi connectivity index (χ0v) is 9.46. The first-order valence-electron chi connectivity index (χ1n) is 3.81. The molecule has 0 unspecified atom stereocenters. The van der Waals surface area contributed by atoms with E-state index in [4.69, 9.17) is 23.2 Å². The lowest BCUT2D eigenvalue weighted by molar-refractivity contribution is -0.301. The smallest absolute Gasteiger partial charge is 0.0513 e. The molecule has 0 aliphatic carbocycles. The lowest BCUT2D eigenvalue weighted by Gasteiger charge is -2.06. The molecule has 0 aliphatic heterocycles. The highest BCUT2D eigenvalue weighted by Gasteiger charge is 2.04. The zero-order chi connectivity index (χ0) is 10.6. The van der Waals surface area contributed by atoms with E-state index in [9.17, 15) is 9.90 Å². The third-order valence-electron chi connectivity index (χ3n) is 1.53. The van der Waals surface area contributed by atoms with Crippen molar-refractivity contribution in [3.8, 4) is 0 Å². The number of hydrogen-bond acceptors (Lipinski definition) is 3. The van der Waals surface area contributed by atoms with Gasteiger partial charge in [-0.05, 0) is 17.7 Å². The highest BCUT2D eigenvalue weighted by molar-refractivity contribution is 7.99. The normalized spacial score (nSPS) is 10.1. The molecule has 0 heterocycles. The van der Waals surface area contributed by atoms with Crippen LogP contribution in [-0.4, -0.2) is 11.7 Å². The van der Waals surface area contributed by atoms with Gasteiger partial charge < -0.3 is 9.90 Å². The first kappa shape index (κ1) is 11.7. The molecular weight excluding hydrogens is 243 g/mol. The van der Waals surface area contributed by atoms with Gasteiger partial charge in [-0.15, -0.1) is 0 Å². The molecular formula is C9H7Cl2O2S-. The van der Waals surface area contributed by atoms with Crippen molar-refractivity contribution in [1.29, 1.82) is 0 Å². The number of aliphatic carboxylic acids is 1. The zero-order valence-electron chi connectivity index (χ0n) is 7.13.